The van der Waals surface area contributed by atoms with Crippen molar-refractivity contribution in [1.82, 2.24) is 0 Å². The van der Waals surface area contributed by atoms with E-state index >= 15 is 0 Å². The normalized spacial score (nSPS) is 34.3. The molecular formula is C34H28O2S. The molecule has 2 saturated carbocycles. The molecule has 4 aliphatic rings. The molecule has 1 heterocycles. The SMILES string of the molecule is O=S1(=O)CC2C(C1)[C@@H]1C(c3ccccc3)=C(c3ccccc3)[C@]3(c4ccccc4)[C@H]2[C@]13c1ccccc1. The predicted octanol–water partition coefficient (Wildman–Crippen LogP) is 6.41. The van der Waals surface area contributed by atoms with Crippen LogP contribution in [0.15, 0.2) is 121 Å². The predicted molar refractivity (Wildman–Crippen MR) is 149 cm³/mol. The minimum atomic E-state index is -3.06. The molecule has 2 unspecified atom stereocenters. The van der Waals surface area contributed by atoms with Crippen molar-refractivity contribution < 1.29 is 8.42 Å². The van der Waals surface area contributed by atoms with Gasteiger partial charge < -0.3 is 0 Å². The smallest absolute Gasteiger partial charge is 0.150 e. The van der Waals surface area contributed by atoms with Gasteiger partial charge in [-0.3, -0.25) is 0 Å². The molecule has 182 valence electrons. The summed E-state index contributed by atoms with van der Waals surface area (Å²) in [6.07, 6.45) is 0. The first-order valence-electron chi connectivity index (χ1n) is 13.3. The standard InChI is InChI=1S/C34H28O2S/c35-37(36)21-27-28(22-37)32-33(25-17-9-3-10-18-25)30(24-15-7-2-8-16-24)29(23-13-5-1-6-14-23)31(27)34(32,33)26-19-11-4-12-20-26/h1-20,27-28,31-32H,21-22H2/t27?,28?,31-,32+,33-,34+/m1/s1. The summed E-state index contributed by atoms with van der Waals surface area (Å²) in [5.74, 6) is 1.33. The van der Waals surface area contributed by atoms with Crippen molar-refractivity contribution in [3.8, 4) is 0 Å². The number of rotatable bonds is 4. The molecule has 0 amide bonds. The van der Waals surface area contributed by atoms with Crippen LogP contribution in [0, 0.1) is 23.7 Å². The zero-order valence-electron chi connectivity index (χ0n) is 20.5. The number of fused-ring (bicyclic) bond motifs is 4. The van der Waals surface area contributed by atoms with Gasteiger partial charge in [0.2, 0.25) is 0 Å². The van der Waals surface area contributed by atoms with Crippen LogP contribution in [0.2, 0.25) is 0 Å². The Morgan fingerprint density at radius 3 is 1.65 bits per heavy atom. The van der Waals surface area contributed by atoms with Crippen LogP contribution in [0.1, 0.15) is 22.3 Å². The first-order chi connectivity index (χ1) is 18.1. The van der Waals surface area contributed by atoms with E-state index < -0.39 is 9.84 Å². The molecule has 2 nitrogen and oxygen atoms in total. The summed E-state index contributed by atoms with van der Waals surface area (Å²) in [7, 11) is -3.06. The average molecular weight is 501 g/mol. The maximum atomic E-state index is 13.1. The molecule has 8 rings (SSSR count). The van der Waals surface area contributed by atoms with Gasteiger partial charge >= 0.3 is 0 Å². The van der Waals surface area contributed by atoms with Crippen LogP contribution < -0.4 is 0 Å². The lowest BCUT2D eigenvalue weighted by Gasteiger charge is -2.31. The van der Waals surface area contributed by atoms with Crippen molar-refractivity contribution in [2.75, 3.05) is 11.5 Å². The third kappa shape index (κ3) is 2.54. The van der Waals surface area contributed by atoms with Crippen LogP contribution >= 0.6 is 0 Å². The van der Waals surface area contributed by atoms with E-state index in [2.05, 4.69) is 121 Å². The Hall–Kier alpha value is -3.43. The van der Waals surface area contributed by atoms with Gasteiger partial charge in [-0.15, -0.1) is 0 Å². The first-order valence-corrected chi connectivity index (χ1v) is 15.1. The lowest BCUT2D eigenvalue weighted by molar-refractivity contribution is 0.341. The van der Waals surface area contributed by atoms with Gasteiger partial charge in [0, 0.05) is 16.7 Å². The van der Waals surface area contributed by atoms with Gasteiger partial charge in [-0.25, -0.2) is 8.42 Å². The van der Waals surface area contributed by atoms with Crippen LogP contribution in [0.5, 0.6) is 0 Å². The fourth-order valence-electron chi connectivity index (χ4n) is 9.22. The number of allylic oxidation sites excluding steroid dienone is 2. The quantitative estimate of drug-likeness (QED) is 0.325. The third-order valence-corrected chi connectivity index (χ3v) is 11.7. The lowest BCUT2D eigenvalue weighted by atomic mass is 9.70. The van der Waals surface area contributed by atoms with E-state index in [1.807, 2.05) is 0 Å². The summed E-state index contributed by atoms with van der Waals surface area (Å²) in [5.41, 5.74) is 7.55. The summed E-state index contributed by atoms with van der Waals surface area (Å²) >= 11 is 0. The van der Waals surface area contributed by atoms with Gasteiger partial charge in [0.25, 0.3) is 0 Å². The fourth-order valence-corrected chi connectivity index (χ4v) is 11.4. The van der Waals surface area contributed by atoms with Crippen molar-refractivity contribution in [1.29, 1.82) is 0 Å². The number of sulfone groups is 1. The molecule has 0 bridgehead atoms. The highest BCUT2D eigenvalue weighted by molar-refractivity contribution is 7.91. The van der Waals surface area contributed by atoms with Crippen LogP contribution in [0.4, 0.5) is 0 Å². The van der Waals surface area contributed by atoms with Crippen LogP contribution in [-0.4, -0.2) is 19.9 Å². The molecule has 1 saturated heterocycles. The topological polar surface area (TPSA) is 34.1 Å². The summed E-state index contributed by atoms with van der Waals surface area (Å²) < 4.78 is 26.3. The van der Waals surface area contributed by atoms with Crippen molar-refractivity contribution in [2.24, 2.45) is 23.7 Å². The van der Waals surface area contributed by atoms with E-state index in [-0.39, 0.29) is 34.5 Å². The van der Waals surface area contributed by atoms with E-state index in [4.69, 9.17) is 0 Å². The summed E-state index contributed by atoms with van der Waals surface area (Å²) in [6.45, 7) is 0. The van der Waals surface area contributed by atoms with Gasteiger partial charge in [-0.05, 0) is 51.2 Å². The van der Waals surface area contributed by atoms with Crippen LogP contribution in [0.3, 0.4) is 0 Å². The molecule has 3 heteroatoms. The summed E-state index contributed by atoms with van der Waals surface area (Å²) in [6, 6.07) is 43.6. The number of hydrogen-bond acceptors (Lipinski definition) is 2. The van der Waals surface area contributed by atoms with E-state index in [1.54, 1.807) is 0 Å². The van der Waals surface area contributed by atoms with Gasteiger partial charge in [0.1, 0.15) is 0 Å². The Labute approximate surface area is 218 Å². The zero-order valence-corrected chi connectivity index (χ0v) is 21.3. The second-order valence-corrected chi connectivity index (χ2v) is 13.4. The average Bonchev–Trinajstić information content (AvgIpc) is 3.15. The molecular weight excluding hydrogens is 472 g/mol. The maximum absolute atomic E-state index is 13.1. The van der Waals surface area contributed by atoms with Crippen molar-refractivity contribution in [3.05, 3.63) is 144 Å². The lowest BCUT2D eigenvalue weighted by Crippen LogP contribution is -2.31. The molecule has 3 aliphatic carbocycles. The van der Waals surface area contributed by atoms with Gasteiger partial charge in [-0.1, -0.05) is 121 Å². The molecule has 6 atom stereocenters. The number of hydrogen-bond donors (Lipinski definition) is 0. The highest BCUT2D eigenvalue weighted by Gasteiger charge is 2.92. The summed E-state index contributed by atoms with van der Waals surface area (Å²) in [4.78, 5) is 0. The van der Waals surface area contributed by atoms with Crippen LogP contribution in [-0.2, 0) is 20.7 Å². The Balaban J connectivity index is 1.53. The van der Waals surface area contributed by atoms with Gasteiger partial charge in [-0.2, -0.15) is 0 Å². The molecule has 0 radical (unpaired) electrons. The maximum Gasteiger partial charge on any atom is 0.150 e. The van der Waals surface area contributed by atoms with Crippen molar-refractivity contribution in [2.45, 2.75) is 10.8 Å². The fraction of sp³-hybridized carbons (Fsp3) is 0.235. The van der Waals surface area contributed by atoms with Gasteiger partial charge in [0.15, 0.2) is 9.84 Å². The second-order valence-electron chi connectivity index (χ2n) is 11.3. The van der Waals surface area contributed by atoms with Gasteiger partial charge in [0.05, 0.1) is 11.5 Å². The van der Waals surface area contributed by atoms with E-state index in [1.165, 1.54) is 33.4 Å². The molecule has 0 N–H and O–H groups in total. The third-order valence-electron chi connectivity index (χ3n) is 9.92. The molecule has 4 aromatic rings. The largest absolute Gasteiger partial charge is 0.229 e. The Kier molecular flexibility index (Phi) is 4.28. The minimum absolute atomic E-state index is 0.142. The van der Waals surface area contributed by atoms with Crippen LogP contribution in [0.25, 0.3) is 11.1 Å². The molecule has 37 heavy (non-hydrogen) atoms. The zero-order chi connectivity index (χ0) is 24.8. The Bertz CT molecular complexity index is 1640. The van der Waals surface area contributed by atoms with E-state index in [0.717, 1.165) is 0 Å². The highest BCUT2D eigenvalue weighted by atomic mass is 32.2. The first kappa shape index (κ1) is 21.6. The summed E-state index contributed by atoms with van der Waals surface area (Å²) in [5, 5.41) is 0. The minimum Gasteiger partial charge on any atom is -0.229 e. The van der Waals surface area contributed by atoms with E-state index in [0.29, 0.717) is 11.5 Å². The molecule has 3 fully saturated rings. The Morgan fingerprint density at radius 1 is 0.568 bits per heavy atom. The van der Waals surface area contributed by atoms with E-state index in [9.17, 15) is 8.42 Å². The van der Waals surface area contributed by atoms with Crippen molar-refractivity contribution in [3.63, 3.8) is 0 Å². The molecule has 0 spiro atoms. The molecule has 1 aliphatic heterocycles. The van der Waals surface area contributed by atoms with Crippen molar-refractivity contribution >= 4 is 21.0 Å². The Morgan fingerprint density at radius 2 is 1.05 bits per heavy atom. The number of benzene rings is 4. The molecule has 0 aromatic heterocycles. The highest BCUT2D eigenvalue weighted by Crippen LogP contribution is 2.91. The second kappa shape index (κ2) is 7.33. The molecule has 4 aromatic carbocycles. The monoisotopic (exact) mass is 500 g/mol.